The minimum Gasteiger partial charge on any atom is -0.340 e. The Balaban J connectivity index is 2.30. The molecule has 21 heavy (non-hydrogen) atoms. The molecule has 0 saturated heterocycles. The summed E-state index contributed by atoms with van der Waals surface area (Å²) in [7, 11) is 3.67. The first kappa shape index (κ1) is 15.2. The summed E-state index contributed by atoms with van der Waals surface area (Å²) in [5, 5.41) is 7.37. The minimum atomic E-state index is -0.00992. The third-order valence-corrected chi connectivity index (χ3v) is 3.34. The summed E-state index contributed by atoms with van der Waals surface area (Å²) < 4.78 is 1.74. The molecular weight excluding hydrogens is 266 g/mol. The fourth-order valence-electron chi connectivity index (χ4n) is 2.16. The number of carbonyl (C=O) groups is 1. The van der Waals surface area contributed by atoms with Gasteiger partial charge in [-0.15, -0.1) is 0 Å². The second-order valence-electron chi connectivity index (χ2n) is 4.79. The van der Waals surface area contributed by atoms with Crippen LogP contribution in [-0.4, -0.2) is 52.8 Å². The number of nitrogens with zero attached hydrogens (tertiary/aromatic N) is 4. The maximum Gasteiger partial charge on any atom is 0.257 e. The Morgan fingerprint density at radius 3 is 2.86 bits per heavy atom. The molecule has 0 saturated carbocycles. The van der Waals surface area contributed by atoms with Crippen LogP contribution in [0.2, 0.25) is 0 Å². The van der Waals surface area contributed by atoms with E-state index in [9.17, 15) is 4.79 Å². The molecule has 2 rings (SSSR count). The Morgan fingerprint density at radius 2 is 2.24 bits per heavy atom. The molecule has 6 heteroatoms. The third kappa shape index (κ3) is 3.28. The number of hydrogen-bond acceptors (Lipinski definition) is 4. The van der Waals surface area contributed by atoms with Crippen LogP contribution in [0.1, 0.15) is 23.0 Å². The van der Waals surface area contributed by atoms with Gasteiger partial charge in [-0.05, 0) is 25.6 Å². The highest BCUT2D eigenvalue weighted by Crippen LogP contribution is 2.15. The third-order valence-electron chi connectivity index (χ3n) is 3.34. The average molecular weight is 287 g/mol. The molecule has 2 aromatic rings. The van der Waals surface area contributed by atoms with E-state index in [0.717, 1.165) is 24.5 Å². The maximum atomic E-state index is 12.5. The number of hydrogen-bond donors (Lipinski definition) is 1. The first-order valence-electron chi connectivity index (χ1n) is 7.07. The van der Waals surface area contributed by atoms with Gasteiger partial charge in [0.25, 0.3) is 5.91 Å². The zero-order valence-corrected chi connectivity index (χ0v) is 12.7. The van der Waals surface area contributed by atoms with Crippen LogP contribution in [-0.2, 0) is 6.42 Å². The maximum absolute atomic E-state index is 12.5. The Labute approximate surface area is 124 Å². The fourth-order valence-corrected chi connectivity index (χ4v) is 2.16. The highest BCUT2D eigenvalue weighted by molar-refractivity contribution is 5.95. The number of carbonyl (C=O) groups excluding carboxylic acids is 1. The molecule has 0 radical (unpaired) electrons. The number of pyridine rings is 1. The van der Waals surface area contributed by atoms with Gasteiger partial charge in [0.05, 0.1) is 17.5 Å². The molecule has 1 N–H and O–H groups in total. The molecule has 112 valence electrons. The summed E-state index contributed by atoms with van der Waals surface area (Å²) in [5.74, 6) is 0.718. The molecule has 1 amide bonds. The Kier molecular flexibility index (Phi) is 5.05. The van der Waals surface area contributed by atoms with Gasteiger partial charge in [-0.25, -0.2) is 9.67 Å². The zero-order valence-electron chi connectivity index (χ0n) is 12.7. The van der Waals surface area contributed by atoms with Crippen molar-refractivity contribution in [3.05, 3.63) is 41.9 Å². The highest BCUT2D eigenvalue weighted by atomic mass is 16.2. The lowest BCUT2D eigenvalue weighted by molar-refractivity contribution is 0.0796. The molecular formula is C15H21N5O. The molecule has 0 atom stereocenters. The summed E-state index contributed by atoms with van der Waals surface area (Å²) in [4.78, 5) is 18.5. The summed E-state index contributed by atoms with van der Waals surface area (Å²) in [6.45, 7) is 3.44. The number of nitrogens with one attached hydrogen (secondary N) is 1. The van der Waals surface area contributed by atoms with Gasteiger partial charge in [-0.3, -0.25) is 4.79 Å². The number of likely N-dealkylation sites (N-methyl/N-ethyl adjacent to an activating group) is 2. The van der Waals surface area contributed by atoms with E-state index >= 15 is 0 Å². The molecule has 2 aromatic heterocycles. The van der Waals surface area contributed by atoms with E-state index in [-0.39, 0.29) is 5.91 Å². The van der Waals surface area contributed by atoms with Gasteiger partial charge in [0.1, 0.15) is 0 Å². The lowest BCUT2D eigenvalue weighted by Crippen LogP contribution is -2.33. The standard InChI is InChI=1S/C15H21N5O/c1-4-13-12(15(21)19(3)10-9-16-2)11-18-20(13)14-7-5-6-8-17-14/h5-8,11,16H,4,9-10H2,1-3H3. The van der Waals surface area contributed by atoms with Crippen molar-refractivity contribution in [3.63, 3.8) is 0 Å². The Bertz CT molecular complexity index is 593. The first-order chi connectivity index (χ1) is 10.2. The van der Waals surface area contributed by atoms with Crippen LogP contribution >= 0.6 is 0 Å². The number of rotatable bonds is 6. The fraction of sp³-hybridized carbons (Fsp3) is 0.400. The van der Waals surface area contributed by atoms with Gasteiger partial charge in [0, 0.05) is 26.3 Å². The van der Waals surface area contributed by atoms with Crippen molar-refractivity contribution >= 4 is 5.91 Å². The largest absolute Gasteiger partial charge is 0.340 e. The lowest BCUT2D eigenvalue weighted by atomic mass is 10.2. The summed E-state index contributed by atoms with van der Waals surface area (Å²) >= 11 is 0. The van der Waals surface area contributed by atoms with Crippen LogP contribution in [0.25, 0.3) is 5.82 Å². The van der Waals surface area contributed by atoms with Crippen molar-refractivity contribution in [1.29, 1.82) is 0 Å². The normalized spacial score (nSPS) is 10.6. The monoisotopic (exact) mass is 287 g/mol. The van der Waals surface area contributed by atoms with E-state index in [4.69, 9.17) is 0 Å². The quantitative estimate of drug-likeness (QED) is 0.865. The topological polar surface area (TPSA) is 63.1 Å². The predicted molar refractivity (Wildman–Crippen MR) is 81.6 cm³/mol. The van der Waals surface area contributed by atoms with Gasteiger partial charge in [-0.1, -0.05) is 13.0 Å². The van der Waals surface area contributed by atoms with Crippen molar-refractivity contribution in [2.75, 3.05) is 27.2 Å². The molecule has 0 aliphatic rings. The molecule has 0 aliphatic heterocycles. The Hall–Kier alpha value is -2.21. The van der Waals surface area contributed by atoms with Crippen molar-refractivity contribution in [1.82, 2.24) is 25.0 Å². The first-order valence-corrected chi connectivity index (χ1v) is 7.07. The summed E-state index contributed by atoms with van der Waals surface area (Å²) in [6.07, 6.45) is 4.07. The molecule has 0 bridgehead atoms. The van der Waals surface area contributed by atoms with E-state index < -0.39 is 0 Å². The minimum absolute atomic E-state index is 0.00992. The van der Waals surface area contributed by atoms with E-state index in [1.807, 2.05) is 32.2 Å². The van der Waals surface area contributed by atoms with E-state index in [2.05, 4.69) is 15.4 Å². The van der Waals surface area contributed by atoms with Crippen LogP contribution in [0.3, 0.4) is 0 Å². The second kappa shape index (κ2) is 6.99. The van der Waals surface area contributed by atoms with Gasteiger partial charge >= 0.3 is 0 Å². The van der Waals surface area contributed by atoms with Crippen molar-refractivity contribution in [2.45, 2.75) is 13.3 Å². The van der Waals surface area contributed by atoms with Crippen molar-refractivity contribution in [2.24, 2.45) is 0 Å². The molecule has 0 aliphatic carbocycles. The lowest BCUT2D eigenvalue weighted by Gasteiger charge is -2.17. The van der Waals surface area contributed by atoms with Gasteiger partial charge in [-0.2, -0.15) is 5.10 Å². The average Bonchev–Trinajstić information content (AvgIpc) is 2.96. The van der Waals surface area contributed by atoms with Crippen LogP contribution in [0.15, 0.2) is 30.6 Å². The second-order valence-corrected chi connectivity index (χ2v) is 4.79. The van der Waals surface area contributed by atoms with Gasteiger partial charge < -0.3 is 10.2 Å². The predicted octanol–water partition coefficient (Wildman–Crippen LogP) is 1.12. The highest BCUT2D eigenvalue weighted by Gasteiger charge is 2.20. The van der Waals surface area contributed by atoms with Gasteiger partial charge in [0.2, 0.25) is 0 Å². The molecule has 0 spiro atoms. The summed E-state index contributed by atoms with van der Waals surface area (Å²) in [5.41, 5.74) is 1.52. The van der Waals surface area contributed by atoms with Crippen molar-refractivity contribution < 1.29 is 4.79 Å². The molecule has 6 nitrogen and oxygen atoms in total. The Morgan fingerprint density at radius 1 is 1.43 bits per heavy atom. The van der Waals surface area contributed by atoms with Crippen LogP contribution in [0.5, 0.6) is 0 Å². The zero-order chi connectivity index (χ0) is 15.2. The number of amides is 1. The summed E-state index contributed by atoms with van der Waals surface area (Å²) in [6, 6.07) is 5.64. The number of aromatic nitrogens is 3. The molecule has 0 fully saturated rings. The molecule has 2 heterocycles. The van der Waals surface area contributed by atoms with Crippen molar-refractivity contribution in [3.8, 4) is 5.82 Å². The van der Waals surface area contributed by atoms with E-state index in [0.29, 0.717) is 12.1 Å². The molecule has 0 aromatic carbocycles. The molecule has 0 unspecified atom stereocenters. The SMILES string of the molecule is CCc1c(C(=O)N(C)CCNC)cnn1-c1ccccn1. The van der Waals surface area contributed by atoms with Crippen LogP contribution in [0.4, 0.5) is 0 Å². The van der Waals surface area contributed by atoms with Gasteiger partial charge in [0.15, 0.2) is 5.82 Å². The van der Waals surface area contributed by atoms with E-state index in [1.165, 1.54) is 0 Å². The van der Waals surface area contributed by atoms with Crippen LogP contribution < -0.4 is 5.32 Å². The van der Waals surface area contributed by atoms with Crippen LogP contribution in [0, 0.1) is 0 Å². The smallest absolute Gasteiger partial charge is 0.257 e. The van der Waals surface area contributed by atoms with E-state index in [1.54, 1.807) is 29.0 Å².